The van der Waals surface area contributed by atoms with Gasteiger partial charge in [0.15, 0.2) is 0 Å². The first-order valence-electron chi connectivity index (χ1n) is 10.6. The van der Waals surface area contributed by atoms with E-state index in [9.17, 15) is 4.79 Å². The Morgan fingerprint density at radius 1 is 1.13 bits per heavy atom. The first-order chi connectivity index (χ1) is 15.0. The second-order valence-corrected chi connectivity index (χ2v) is 8.10. The molecule has 0 radical (unpaired) electrons. The summed E-state index contributed by atoms with van der Waals surface area (Å²) in [6.45, 7) is 4.04. The van der Waals surface area contributed by atoms with Crippen molar-refractivity contribution in [2.75, 3.05) is 19.5 Å². The number of benzene rings is 1. The van der Waals surface area contributed by atoms with Gasteiger partial charge < -0.3 is 14.8 Å². The lowest BCUT2D eigenvalue weighted by atomic mass is 9.97. The van der Waals surface area contributed by atoms with Gasteiger partial charge in [-0.2, -0.15) is 0 Å². The van der Waals surface area contributed by atoms with E-state index in [0.29, 0.717) is 22.9 Å². The van der Waals surface area contributed by atoms with Crippen LogP contribution in [0.15, 0.2) is 60.0 Å². The summed E-state index contributed by atoms with van der Waals surface area (Å²) >= 11 is 0. The van der Waals surface area contributed by atoms with E-state index in [4.69, 9.17) is 9.47 Å². The molecule has 1 fully saturated rings. The molecular formula is C26H28N2O3. The molecule has 1 N–H and O–H groups in total. The number of anilines is 1. The molecular weight excluding hydrogens is 388 g/mol. The summed E-state index contributed by atoms with van der Waals surface area (Å²) in [5, 5.41) is 3.02. The van der Waals surface area contributed by atoms with Crippen LogP contribution >= 0.6 is 0 Å². The molecule has 1 amide bonds. The quantitative estimate of drug-likeness (QED) is 0.647. The molecule has 0 saturated heterocycles. The van der Waals surface area contributed by atoms with Gasteiger partial charge in [-0.25, -0.2) is 0 Å². The third-order valence-corrected chi connectivity index (χ3v) is 5.74. The van der Waals surface area contributed by atoms with Gasteiger partial charge in [0.05, 0.1) is 25.5 Å². The Hall–Kier alpha value is -3.34. The Labute approximate surface area is 183 Å². The van der Waals surface area contributed by atoms with Crippen molar-refractivity contribution in [3.8, 4) is 5.75 Å². The Balaban J connectivity index is 1.67. The highest BCUT2D eigenvalue weighted by Gasteiger charge is 2.25. The Kier molecular flexibility index (Phi) is 5.94. The van der Waals surface area contributed by atoms with Crippen LogP contribution in [0.3, 0.4) is 0 Å². The van der Waals surface area contributed by atoms with Crippen molar-refractivity contribution in [1.82, 2.24) is 4.98 Å². The van der Waals surface area contributed by atoms with Crippen LogP contribution in [0.4, 0.5) is 5.69 Å². The minimum Gasteiger partial charge on any atom is -0.496 e. The van der Waals surface area contributed by atoms with Gasteiger partial charge in [0.2, 0.25) is 0 Å². The smallest absolute Gasteiger partial charge is 0.257 e. The summed E-state index contributed by atoms with van der Waals surface area (Å²) < 4.78 is 11.3. The number of amides is 1. The zero-order valence-electron chi connectivity index (χ0n) is 18.5. The summed E-state index contributed by atoms with van der Waals surface area (Å²) in [4.78, 5) is 17.4. The van der Waals surface area contributed by atoms with Gasteiger partial charge in [0.25, 0.3) is 5.91 Å². The number of hydrogen-bond acceptors (Lipinski definition) is 4. The number of nitrogens with zero attached hydrogens (tertiary/aromatic N) is 1. The van der Waals surface area contributed by atoms with Crippen molar-refractivity contribution in [3.63, 3.8) is 0 Å². The van der Waals surface area contributed by atoms with Gasteiger partial charge in [-0.3, -0.25) is 9.78 Å². The van der Waals surface area contributed by atoms with E-state index in [1.165, 1.54) is 12.8 Å². The predicted molar refractivity (Wildman–Crippen MR) is 123 cm³/mol. The summed E-state index contributed by atoms with van der Waals surface area (Å²) in [7, 11) is 3.30. The number of methoxy groups -OCH3 is 2. The van der Waals surface area contributed by atoms with E-state index in [-0.39, 0.29) is 5.91 Å². The molecule has 1 aromatic heterocycles. The first-order valence-corrected chi connectivity index (χ1v) is 10.6. The van der Waals surface area contributed by atoms with Gasteiger partial charge >= 0.3 is 0 Å². The van der Waals surface area contributed by atoms with Crippen molar-refractivity contribution >= 4 is 17.2 Å². The maximum atomic E-state index is 12.9. The van der Waals surface area contributed by atoms with Crippen molar-refractivity contribution < 1.29 is 14.3 Å². The third-order valence-electron chi connectivity index (χ3n) is 5.74. The summed E-state index contributed by atoms with van der Waals surface area (Å²) in [6, 6.07) is 7.78. The summed E-state index contributed by atoms with van der Waals surface area (Å²) in [5.41, 5.74) is 6.23. The van der Waals surface area contributed by atoms with Crippen LogP contribution in [0, 0.1) is 6.92 Å². The molecule has 0 bridgehead atoms. The molecule has 160 valence electrons. The molecule has 1 heterocycles. The van der Waals surface area contributed by atoms with Crippen molar-refractivity contribution in [2.45, 2.75) is 39.0 Å². The number of ether oxygens (including phenoxy) is 2. The molecule has 5 heteroatoms. The highest BCUT2D eigenvalue weighted by Crippen LogP contribution is 2.39. The SMILES string of the molecule is COC1=C(C)CC=CC=C1c1cc(C)c(OC)c(NC(=O)c2ccc(C3CC3)nc2)c1. The highest BCUT2D eigenvalue weighted by atomic mass is 16.5. The minimum atomic E-state index is -0.210. The molecule has 2 aliphatic rings. The monoisotopic (exact) mass is 416 g/mol. The third kappa shape index (κ3) is 4.41. The average molecular weight is 417 g/mol. The van der Waals surface area contributed by atoms with E-state index in [1.54, 1.807) is 20.4 Å². The van der Waals surface area contributed by atoms with Gasteiger partial charge in [-0.15, -0.1) is 0 Å². The molecule has 1 aromatic carbocycles. The lowest BCUT2D eigenvalue weighted by Gasteiger charge is -2.18. The van der Waals surface area contributed by atoms with Crippen molar-refractivity contribution in [3.05, 3.63) is 82.4 Å². The standard InChI is InChI=1S/C26H28N2O3/c1-16-7-5-6-8-21(24(16)30-3)20-13-17(2)25(31-4)23(14-20)28-26(29)19-11-12-22(27-15-19)18-9-10-18/h5-6,8,11-15,18H,7,9-10H2,1-4H3,(H,28,29). The average Bonchev–Trinajstić information content (AvgIpc) is 3.61. The fraction of sp³-hybridized carbons (Fsp3) is 0.308. The second kappa shape index (κ2) is 8.80. The van der Waals surface area contributed by atoms with Crippen LogP contribution in [-0.4, -0.2) is 25.1 Å². The van der Waals surface area contributed by atoms with Crippen LogP contribution in [-0.2, 0) is 4.74 Å². The van der Waals surface area contributed by atoms with Crippen LogP contribution in [0.1, 0.15) is 59.3 Å². The number of allylic oxidation sites excluding steroid dienone is 5. The van der Waals surface area contributed by atoms with Gasteiger partial charge in [-0.05, 0) is 74.1 Å². The van der Waals surface area contributed by atoms with E-state index in [1.807, 2.05) is 37.3 Å². The van der Waals surface area contributed by atoms with Crippen LogP contribution in [0.25, 0.3) is 5.57 Å². The normalized spacial score (nSPS) is 15.9. The van der Waals surface area contributed by atoms with Gasteiger partial charge in [0, 0.05) is 23.4 Å². The molecule has 4 rings (SSSR count). The van der Waals surface area contributed by atoms with E-state index in [2.05, 4.69) is 29.4 Å². The second-order valence-electron chi connectivity index (χ2n) is 8.10. The maximum absolute atomic E-state index is 12.9. The Bertz CT molecular complexity index is 1090. The highest BCUT2D eigenvalue weighted by molar-refractivity contribution is 6.05. The molecule has 0 unspecified atom stereocenters. The van der Waals surface area contributed by atoms with Crippen molar-refractivity contribution in [1.29, 1.82) is 0 Å². The topological polar surface area (TPSA) is 60.5 Å². The van der Waals surface area contributed by atoms with E-state index >= 15 is 0 Å². The lowest BCUT2D eigenvalue weighted by molar-refractivity contribution is 0.102. The zero-order chi connectivity index (χ0) is 22.0. The number of carbonyl (C=O) groups is 1. The lowest BCUT2D eigenvalue weighted by Crippen LogP contribution is -2.14. The van der Waals surface area contributed by atoms with Crippen LogP contribution in [0.5, 0.6) is 5.75 Å². The molecule has 0 atom stereocenters. The number of rotatable bonds is 6. The summed E-state index contributed by atoms with van der Waals surface area (Å²) in [5.74, 6) is 1.85. The summed E-state index contributed by atoms with van der Waals surface area (Å²) in [6.07, 6.45) is 11.1. The number of aromatic nitrogens is 1. The largest absolute Gasteiger partial charge is 0.496 e. The zero-order valence-corrected chi connectivity index (χ0v) is 18.5. The number of nitrogens with one attached hydrogen (secondary N) is 1. The van der Waals surface area contributed by atoms with Gasteiger partial charge in [-0.1, -0.05) is 18.2 Å². The van der Waals surface area contributed by atoms with Crippen LogP contribution < -0.4 is 10.1 Å². The van der Waals surface area contributed by atoms with E-state index < -0.39 is 0 Å². The molecule has 0 aliphatic heterocycles. The number of hydrogen-bond donors (Lipinski definition) is 1. The molecule has 31 heavy (non-hydrogen) atoms. The number of aryl methyl sites for hydroxylation is 1. The molecule has 1 saturated carbocycles. The van der Waals surface area contributed by atoms with Crippen LogP contribution in [0.2, 0.25) is 0 Å². The van der Waals surface area contributed by atoms with E-state index in [0.717, 1.165) is 40.1 Å². The predicted octanol–water partition coefficient (Wildman–Crippen LogP) is 5.79. The molecule has 2 aliphatic carbocycles. The minimum absolute atomic E-state index is 0.210. The maximum Gasteiger partial charge on any atom is 0.257 e. The first kappa shape index (κ1) is 20.9. The Morgan fingerprint density at radius 2 is 1.94 bits per heavy atom. The number of carbonyl (C=O) groups excluding carboxylic acids is 1. The molecule has 5 nitrogen and oxygen atoms in total. The van der Waals surface area contributed by atoms with Crippen molar-refractivity contribution in [2.24, 2.45) is 0 Å². The molecule has 2 aromatic rings. The molecule has 0 spiro atoms. The fourth-order valence-electron chi connectivity index (χ4n) is 3.97. The van der Waals surface area contributed by atoms with Gasteiger partial charge in [0.1, 0.15) is 11.5 Å². The number of pyridine rings is 1. The Morgan fingerprint density at radius 3 is 2.58 bits per heavy atom. The fourth-order valence-corrected chi connectivity index (χ4v) is 3.97.